The van der Waals surface area contributed by atoms with Crippen LogP contribution in [0.5, 0.6) is 0 Å². The first-order valence-electron chi connectivity index (χ1n) is 6.69. The number of rotatable bonds is 3. The molecule has 0 N–H and O–H groups in total. The van der Waals surface area contributed by atoms with Gasteiger partial charge in [-0.25, -0.2) is 0 Å². The Labute approximate surface area is 122 Å². The summed E-state index contributed by atoms with van der Waals surface area (Å²) in [6, 6.07) is 8.33. The molecule has 1 fully saturated rings. The molecular weight excluding hydrogens is 272 g/mol. The van der Waals surface area contributed by atoms with Crippen LogP contribution >= 0.6 is 11.8 Å². The van der Waals surface area contributed by atoms with Crippen molar-refractivity contribution in [3.05, 3.63) is 29.8 Å². The molecule has 20 heavy (non-hydrogen) atoms. The first kappa shape index (κ1) is 13.5. The van der Waals surface area contributed by atoms with Crippen LogP contribution in [0.15, 0.2) is 29.4 Å². The molecule has 0 amide bonds. The number of ether oxygens (including phenoxy) is 1. The lowest BCUT2D eigenvalue weighted by molar-refractivity contribution is 0.122. The maximum absolute atomic E-state index is 5.42. The van der Waals surface area contributed by atoms with Crippen LogP contribution < -0.4 is 4.90 Å². The maximum Gasteiger partial charge on any atom is 0.232 e. The van der Waals surface area contributed by atoms with Crippen LogP contribution in [0.25, 0.3) is 5.69 Å². The Morgan fingerprint density at radius 2 is 1.90 bits per heavy atom. The molecule has 0 spiro atoms. The zero-order valence-corrected chi connectivity index (χ0v) is 12.6. The highest BCUT2D eigenvalue weighted by molar-refractivity contribution is 7.98. The molecule has 106 valence electrons. The lowest BCUT2D eigenvalue weighted by atomic mass is 10.2. The second-order valence-electron chi connectivity index (χ2n) is 4.71. The third-order valence-corrected chi connectivity index (χ3v) is 4.08. The van der Waals surface area contributed by atoms with Crippen molar-refractivity contribution in [1.29, 1.82) is 0 Å². The molecule has 2 heterocycles. The fourth-order valence-electron chi connectivity index (χ4n) is 2.39. The van der Waals surface area contributed by atoms with Crippen LogP contribution in [-0.4, -0.2) is 47.3 Å². The SMILES string of the molecule is CSc1nnc(N2CCOCC2)n1-c1ccccc1C. The third-order valence-electron chi connectivity index (χ3n) is 3.45. The maximum atomic E-state index is 5.42. The largest absolute Gasteiger partial charge is 0.378 e. The molecule has 0 aliphatic carbocycles. The highest BCUT2D eigenvalue weighted by Crippen LogP contribution is 2.27. The summed E-state index contributed by atoms with van der Waals surface area (Å²) in [5, 5.41) is 9.63. The summed E-state index contributed by atoms with van der Waals surface area (Å²) < 4.78 is 7.56. The molecule has 3 rings (SSSR count). The molecule has 0 radical (unpaired) electrons. The Balaban J connectivity index is 2.08. The van der Waals surface area contributed by atoms with E-state index in [0.29, 0.717) is 0 Å². The number of nitrogens with zero attached hydrogens (tertiary/aromatic N) is 4. The van der Waals surface area contributed by atoms with E-state index in [-0.39, 0.29) is 0 Å². The van der Waals surface area contributed by atoms with E-state index in [9.17, 15) is 0 Å². The molecule has 1 aliphatic rings. The number of aromatic nitrogens is 3. The van der Waals surface area contributed by atoms with E-state index in [1.165, 1.54) is 5.56 Å². The zero-order chi connectivity index (χ0) is 13.9. The molecular formula is C14H18N4OS. The molecule has 2 aromatic rings. The van der Waals surface area contributed by atoms with Gasteiger partial charge in [0.1, 0.15) is 0 Å². The molecule has 0 bridgehead atoms. The number of hydrogen-bond donors (Lipinski definition) is 0. The second kappa shape index (κ2) is 5.85. The summed E-state index contributed by atoms with van der Waals surface area (Å²) in [7, 11) is 0. The smallest absolute Gasteiger partial charge is 0.232 e. The molecule has 0 unspecified atom stereocenters. The van der Waals surface area contributed by atoms with E-state index in [1.807, 2.05) is 6.26 Å². The molecule has 1 aromatic heterocycles. The van der Waals surface area contributed by atoms with Gasteiger partial charge in [-0.15, -0.1) is 10.2 Å². The van der Waals surface area contributed by atoms with Gasteiger partial charge in [-0.1, -0.05) is 30.0 Å². The lowest BCUT2D eigenvalue weighted by Crippen LogP contribution is -2.38. The average Bonchev–Trinajstić information content (AvgIpc) is 2.92. The molecule has 0 saturated carbocycles. The van der Waals surface area contributed by atoms with E-state index in [0.717, 1.165) is 43.1 Å². The van der Waals surface area contributed by atoms with Gasteiger partial charge in [0.15, 0.2) is 5.16 Å². The van der Waals surface area contributed by atoms with Crippen molar-refractivity contribution in [2.75, 3.05) is 37.5 Å². The van der Waals surface area contributed by atoms with Crippen LogP contribution in [0.4, 0.5) is 5.95 Å². The number of para-hydroxylation sites is 1. The summed E-state index contributed by atoms with van der Waals surface area (Å²) in [5.74, 6) is 0.909. The number of morpholine rings is 1. The van der Waals surface area contributed by atoms with Crippen molar-refractivity contribution in [2.45, 2.75) is 12.1 Å². The molecule has 1 aromatic carbocycles. The number of hydrogen-bond acceptors (Lipinski definition) is 5. The van der Waals surface area contributed by atoms with Gasteiger partial charge in [-0.2, -0.15) is 0 Å². The fraction of sp³-hybridized carbons (Fsp3) is 0.429. The van der Waals surface area contributed by atoms with Crippen molar-refractivity contribution in [3.8, 4) is 5.69 Å². The van der Waals surface area contributed by atoms with E-state index in [4.69, 9.17) is 4.74 Å². The molecule has 1 aliphatic heterocycles. The first-order chi connectivity index (χ1) is 9.81. The van der Waals surface area contributed by atoms with Gasteiger partial charge in [-0.3, -0.25) is 4.57 Å². The van der Waals surface area contributed by atoms with Gasteiger partial charge in [0.2, 0.25) is 5.95 Å². The summed E-state index contributed by atoms with van der Waals surface area (Å²) in [4.78, 5) is 2.24. The van der Waals surface area contributed by atoms with Gasteiger partial charge in [0.05, 0.1) is 18.9 Å². The first-order valence-corrected chi connectivity index (χ1v) is 7.92. The predicted molar refractivity (Wildman–Crippen MR) is 80.9 cm³/mol. The van der Waals surface area contributed by atoms with E-state index in [1.54, 1.807) is 11.8 Å². The summed E-state index contributed by atoms with van der Waals surface area (Å²) >= 11 is 1.62. The Kier molecular flexibility index (Phi) is 3.93. The summed E-state index contributed by atoms with van der Waals surface area (Å²) in [6.07, 6.45) is 2.03. The minimum absolute atomic E-state index is 0.745. The van der Waals surface area contributed by atoms with E-state index in [2.05, 4.69) is 50.9 Å². The standard InChI is InChI=1S/C14H18N4OS/c1-11-5-3-4-6-12(11)18-13(15-16-14(18)20-2)17-7-9-19-10-8-17/h3-6H,7-10H2,1-2H3. The number of thioether (sulfide) groups is 1. The third kappa shape index (κ3) is 2.41. The van der Waals surface area contributed by atoms with Crippen molar-refractivity contribution in [1.82, 2.24) is 14.8 Å². The predicted octanol–water partition coefficient (Wildman–Crippen LogP) is 2.13. The molecule has 0 atom stereocenters. The quantitative estimate of drug-likeness (QED) is 0.810. The van der Waals surface area contributed by atoms with Crippen LogP contribution in [0.3, 0.4) is 0 Å². The van der Waals surface area contributed by atoms with Crippen LogP contribution in [0, 0.1) is 6.92 Å². The van der Waals surface area contributed by atoms with Gasteiger partial charge in [0.25, 0.3) is 0 Å². The summed E-state index contributed by atoms with van der Waals surface area (Å²) in [5.41, 5.74) is 2.36. The molecule has 5 nitrogen and oxygen atoms in total. The molecule has 6 heteroatoms. The fourth-order valence-corrected chi connectivity index (χ4v) is 2.87. The summed E-state index contributed by atoms with van der Waals surface area (Å²) in [6.45, 7) is 5.32. The lowest BCUT2D eigenvalue weighted by Gasteiger charge is -2.28. The van der Waals surface area contributed by atoms with Crippen molar-refractivity contribution in [2.24, 2.45) is 0 Å². The number of benzene rings is 1. The van der Waals surface area contributed by atoms with Gasteiger partial charge in [-0.05, 0) is 24.8 Å². The van der Waals surface area contributed by atoms with Crippen LogP contribution in [0.2, 0.25) is 0 Å². The van der Waals surface area contributed by atoms with Crippen LogP contribution in [0.1, 0.15) is 5.56 Å². The highest BCUT2D eigenvalue weighted by atomic mass is 32.2. The van der Waals surface area contributed by atoms with Crippen molar-refractivity contribution >= 4 is 17.7 Å². The number of aryl methyl sites for hydroxylation is 1. The monoisotopic (exact) mass is 290 g/mol. The molecule has 1 saturated heterocycles. The van der Waals surface area contributed by atoms with E-state index < -0.39 is 0 Å². The van der Waals surface area contributed by atoms with Gasteiger partial charge < -0.3 is 9.64 Å². The average molecular weight is 290 g/mol. The van der Waals surface area contributed by atoms with Gasteiger partial charge >= 0.3 is 0 Å². The topological polar surface area (TPSA) is 43.2 Å². The van der Waals surface area contributed by atoms with Crippen molar-refractivity contribution in [3.63, 3.8) is 0 Å². The van der Waals surface area contributed by atoms with Crippen molar-refractivity contribution < 1.29 is 4.74 Å². The Morgan fingerprint density at radius 3 is 2.60 bits per heavy atom. The van der Waals surface area contributed by atoms with Gasteiger partial charge in [0, 0.05) is 13.1 Å². The minimum Gasteiger partial charge on any atom is -0.378 e. The van der Waals surface area contributed by atoms with Crippen LogP contribution in [-0.2, 0) is 4.74 Å². The Morgan fingerprint density at radius 1 is 1.15 bits per heavy atom. The van der Waals surface area contributed by atoms with E-state index >= 15 is 0 Å². The second-order valence-corrected chi connectivity index (χ2v) is 5.48. The Bertz CT molecular complexity index is 593. The Hall–Kier alpha value is -1.53. The number of anilines is 1. The zero-order valence-electron chi connectivity index (χ0n) is 11.7. The highest BCUT2D eigenvalue weighted by Gasteiger charge is 2.21. The minimum atomic E-state index is 0.745. The normalized spacial score (nSPS) is 15.6.